The molecule has 3 fully saturated rings. The Morgan fingerprint density at radius 1 is 1.04 bits per heavy atom. The first kappa shape index (κ1) is 17.9. The van der Waals surface area contributed by atoms with Crippen molar-refractivity contribution < 1.29 is 13.2 Å². The molecule has 1 N–H and O–H groups in total. The SMILES string of the molecule is CC(=O)Nc1ccc(S(=O)(=O)N2CCN([C@@H]3C[C@@H]4CC[C@@H]3C4)CC2)cc1. The molecule has 142 valence electrons. The number of hydrogen-bond acceptors (Lipinski definition) is 4. The average molecular weight is 378 g/mol. The third-order valence-corrected chi connectivity index (χ3v) is 8.17. The Morgan fingerprint density at radius 2 is 1.73 bits per heavy atom. The fourth-order valence-electron chi connectivity index (χ4n) is 5.00. The second kappa shape index (κ2) is 6.94. The lowest BCUT2D eigenvalue weighted by molar-refractivity contribution is -0.114. The summed E-state index contributed by atoms with van der Waals surface area (Å²) in [5.74, 6) is 1.58. The van der Waals surface area contributed by atoms with Crippen molar-refractivity contribution in [2.75, 3.05) is 31.5 Å². The van der Waals surface area contributed by atoms with Gasteiger partial charge in [-0.3, -0.25) is 9.69 Å². The molecule has 0 radical (unpaired) electrons. The Morgan fingerprint density at radius 3 is 2.27 bits per heavy atom. The summed E-state index contributed by atoms with van der Waals surface area (Å²) in [6.45, 7) is 4.21. The van der Waals surface area contributed by atoms with Crippen molar-refractivity contribution in [1.29, 1.82) is 0 Å². The van der Waals surface area contributed by atoms with Gasteiger partial charge in [0, 0.05) is 44.8 Å². The average Bonchev–Trinajstić information content (AvgIpc) is 3.25. The molecule has 1 heterocycles. The van der Waals surface area contributed by atoms with Crippen LogP contribution < -0.4 is 5.32 Å². The molecular formula is C19H27N3O3S. The molecule has 2 aliphatic carbocycles. The van der Waals surface area contributed by atoms with Crippen molar-refractivity contribution in [3.63, 3.8) is 0 Å². The summed E-state index contributed by atoms with van der Waals surface area (Å²) in [6.07, 6.45) is 5.43. The van der Waals surface area contributed by atoms with Gasteiger partial charge in [0.15, 0.2) is 0 Å². The van der Waals surface area contributed by atoms with E-state index in [1.165, 1.54) is 32.6 Å². The summed E-state index contributed by atoms with van der Waals surface area (Å²) in [6, 6.07) is 7.10. The van der Waals surface area contributed by atoms with Crippen molar-refractivity contribution in [3.05, 3.63) is 24.3 Å². The van der Waals surface area contributed by atoms with Gasteiger partial charge in [0.1, 0.15) is 0 Å². The summed E-state index contributed by atoms with van der Waals surface area (Å²) in [4.78, 5) is 13.9. The fourth-order valence-corrected chi connectivity index (χ4v) is 6.42. The van der Waals surface area contributed by atoms with E-state index in [1.807, 2.05) is 0 Å². The van der Waals surface area contributed by atoms with E-state index in [0.717, 1.165) is 24.9 Å². The number of carbonyl (C=O) groups excluding carboxylic acids is 1. The number of nitrogens with zero attached hydrogens (tertiary/aromatic N) is 2. The van der Waals surface area contributed by atoms with E-state index in [-0.39, 0.29) is 5.91 Å². The maximum absolute atomic E-state index is 12.9. The Hall–Kier alpha value is -1.44. The number of carbonyl (C=O) groups is 1. The van der Waals surface area contributed by atoms with E-state index in [0.29, 0.717) is 29.7 Å². The number of rotatable bonds is 4. The predicted molar refractivity (Wildman–Crippen MR) is 100 cm³/mol. The third kappa shape index (κ3) is 3.40. The van der Waals surface area contributed by atoms with E-state index in [2.05, 4.69) is 10.2 Å². The summed E-state index contributed by atoms with van der Waals surface area (Å²) >= 11 is 0. The first-order valence-corrected chi connectivity index (χ1v) is 11.0. The number of benzene rings is 1. The van der Waals surface area contributed by atoms with Crippen molar-refractivity contribution >= 4 is 21.6 Å². The first-order chi connectivity index (χ1) is 12.4. The monoisotopic (exact) mass is 377 g/mol. The van der Waals surface area contributed by atoms with Gasteiger partial charge in [-0.05, 0) is 55.4 Å². The van der Waals surface area contributed by atoms with Crippen LogP contribution in [0.3, 0.4) is 0 Å². The number of amides is 1. The van der Waals surface area contributed by atoms with Crippen LogP contribution in [0.25, 0.3) is 0 Å². The second-order valence-electron chi connectivity index (χ2n) is 7.89. The molecule has 1 saturated heterocycles. The topological polar surface area (TPSA) is 69.7 Å². The minimum atomic E-state index is -3.47. The van der Waals surface area contributed by atoms with Gasteiger partial charge in [0.2, 0.25) is 15.9 Å². The Kier molecular flexibility index (Phi) is 4.79. The molecule has 2 bridgehead atoms. The highest BCUT2D eigenvalue weighted by atomic mass is 32.2. The van der Waals surface area contributed by atoms with E-state index in [4.69, 9.17) is 0 Å². The molecule has 6 nitrogen and oxygen atoms in total. The number of anilines is 1. The smallest absolute Gasteiger partial charge is 0.243 e. The highest BCUT2D eigenvalue weighted by molar-refractivity contribution is 7.89. The van der Waals surface area contributed by atoms with Crippen LogP contribution in [0.2, 0.25) is 0 Å². The van der Waals surface area contributed by atoms with E-state index in [9.17, 15) is 13.2 Å². The van der Waals surface area contributed by atoms with Gasteiger partial charge < -0.3 is 5.32 Å². The lowest BCUT2D eigenvalue weighted by Crippen LogP contribution is -2.53. The first-order valence-electron chi connectivity index (χ1n) is 9.55. The Labute approximate surface area is 155 Å². The van der Waals surface area contributed by atoms with Crippen LogP contribution >= 0.6 is 0 Å². The third-order valence-electron chi connectivity index (χ3n) is 6.26. The molecule has 3 aliphatic rings. The summed E-state index contributed by atoms with van der Waals surface area (Å²) in [5, 5.41) is 2.66. The maximum Gasteiger partial charge on any atom is 0.243 e. The molecule has 3 atom stereocenters. The number of piperazine rings is 1. The molecule has 1 aromatic carbocycles. The van der Waals surface area contributed by atoms with Crippen molar-refractivity contribution in [3.8, 4) is 0 Å². The van der Waals surface area contributed by atoms with Gasteiger partial charge in [-0.1, -0.05) is 6.42 Å². The van der Waals surface area contributed by atoms with Crippen LogP contribution in [0.1, 0.15) is 32.6 Å². The lowest BCUT2D eigenvalue weighted by Gasteiger charge is -2.40. The van der Waals surface area contributed by atoms with Crippen molar-refractivity contribution in [2.24, 2.45) is 11.8 Å². The van der Waals surface area contributed by atoms with Crippen LogP contribution in [0, 0.1) is 11.8 Å². The van der Waals surface area contributed by atoms with Crippen LogP contribution in [0.4, 0.5) is 5.69 Å². The summed E-state index contributed by atoms with van der Waals surface area (Å²) < 4.78 is 27.4. The molecule has 0 spiro atoms. The number of hydrogen-bond donors (Lipinski definition) is 1. The quantitative estimate of drug-likeness (QED) is 0.873. The maximum atomic E-state index is 12.9. The van der Waals surface area contributed by atoms with E-state index < -0.39 is 10.0 Å². The Balaban J connectivity index is 1.39. The normalized spacial score (nSPS) is 29.8. The Bertz CT molecular complexity index is 770. The molecule has 1 aromatic rings. The minimum absolute atomic E-state index is 0.169. The molecular weight excluding hydrogens is 350 g/mol. The second-order valence-corrected chi connectivity index (χ2v) is 9.83. The van der Waals surface area contributed by atoms with Gasteiger partial charge in [-0.25, -0.2) is 8.42 Å². The number of nitrogens with one attached hydrogen (secondary N) is 1. The molecule has 1 aliphatic heterocycles. The molecule has 2 saturated carbocycles. The highest BCUT2D eigenvalue weighted by Gasteiger charge is 2.43. The minimum Gasteiger partial charge on any atom is -0.326 e. The van der Waals surface area contributed by atoms with Gasteiger partial charge in [0.25, 0.3) is 0 Å². The molecule has 7 heteroatoms. The largest absolute Gasteiger partial charge is 0.326 e. The number of fused-ring (bicyclic) bond motifs is 2. The predicted octanol–water partition coefficient (Wildman–Crippen LogP) is 2.14. The fraction of sp³-hybridized carbons (Fsp3) is 0.632. The molecule has 0 unspecified atom stereocenters. The van der Waals surface area contributed by atoms with Crippen molar-refractivity contribution in [1.82, 2.24) is 9.21 Å². The highest BCUT2D eigenvalue weighted by Crippen LogP contribution is 2.46. The summed E-state index contributed by atoms with van der Waals surface area (Å²) in [7, 11) is -3.47. The summed E-state index contributed by atoms with van der Waals surface area (Å²) in [5.41, 5.74) is 0.609. The van der Waals surface area contributed by atoms with Gasteiger partial charge in [-0.15, -0.1) is 0 Å². The zero-order valence-electron chi connectivity index (χ0n) is 15.2. The van der Waals surface area contributed by atoms with E-state index >= 15 is 0 Å². The van der Waals surface area contributed by atoms with Gasteiger partial charge in [-0.2, -0.15) is 4.31 Å². The lowest BCUT2D eigenvalue weighted by atomic mass is 9.93. The number of sulfonamides is 1. The van der Waals surface area contributed by atoms with Crippen LogP contribution in [-0.4, -0.2) is 55.8 Å². The molecule has 1 amide bonds. The molecule has 26 heavy (non-hydrogen) atoms. The standard InChI is InChI=1S/C19H27N3O3S/c1-14(23)20-17-4-6-18(7-5-17)26(24,25)22-10-8-21(9-11-22)19-13-15-2-3-16(19)12-15/h4-7,15-16,19H,2-3,8-13H2,1H3,(H,20,23)/t15-,16-,19-/m1/s1. The van der Waals surface area contributed by atoms with Gasteiger partial charge in [0.05, 0.1) is 4.90 Å². The van der Waals surface area contributed by atoms with Crippen LogP contribution in [0.5, 0.6) is 0 Å². The van der Waals surface area contributed by atoms with Crippen molar-refractivity contribution in [2.45, 2.75) is 43.5 Å². The van der Waals surface area contributed by atoms with E-state index in [1.54, 1.807) is 28.6 Å². The van der Waals surface area contributed by atoms with Crippen LogP contribution in [-0.2, 0) is 14.8 Å². The molecule has 0 aromatic heterocycles. The van der Waals surface area contributed by atoms with Crippen LogP contribution in [0.15, 0.2) is 29.2 Å². The zero-order valence-corrected chi connectivity index (χ0v) is 16.0. The van der Waals surface area contributed by atoms with Gasteiger partial charge >= 0.3 is 0 Å². The zero-order chi connectivity index (χ0) is 18.3. The molecule has 4 rings (SSSR count).